The van der Waals surface area contributed by atoms with Crippen LogP contribution in [0.1, 0.15) is 31.4 Å². The Morgan fingerprint density at radius 2 is 2.07 bits per heavy atom. The van der Waals surface area contributed by atoms with Crippen LogP contribution in [-0.4, -0.2) is 11.0 Å². The van der Waals surface area contributed by atoms with Gasteiger partial charge in [-0.15, -0.1) is 11.8 Å². The Kier molecular flexibility index (Phi) is 4.40. The summed E-state index contributed by atoms with van der Waals surface area (Å²) in [5.74, 6) is 0.267. The molecule has 0 saturated carbocycles. The van der Waals surface area contributed by atoms with Gasteiger partial charge in [-0.2, -0.15) is 0 Å². The average molecular weight is 222 g/mol. The Morgan fingerprint density at radius 1 is 1.40 bits per heavy atom. The van der Waals surface area contributed by atoms with Crippen molar-refractivity contribution in [1.82, 2.24) is 0 Å². The summed E-state index contributed by atoms with van der Waals surface area (Å²) in [6, 6.07) is 6.38. The largest absolute Gasteiger partial charge is 0.299 e. The molecule has 0 heterocycles. The van der Waals surface area contributed by atoms with Crippen LogP contribution in [0.4, 0.5) is 0 Å². The molecule has 0 bridgehead atoms. The first kappa shape index (κ1) is 12.3. The molecule has 1 aromatic carbocycles. The molecular weight excluding hydrogens is 204 g/mol. The van der Waals surface area contributed by atoms with Crippen LogP contribution in [0.15, 0.2) is 23.1 Å². The second kappa shape index (κ2) is 5.36. The van der Waals surface area contributed by atoms with E-state index in [1.54, 1.807) is 18.7 Å². The average Bonchev–Trinajstić information content (AvgIpc) is 2.18. The Morgan fingerprint density at radius 3 is 2.60 bits per heavy atom. The van der Waals surface area contributed by atoms with Gasteiger partial charge in [0, 0.05) is 4.90 Å². The minimum Gasteiger partial charge on any atom is -0.299 e. The molecule has 0 fully saturated rings. The highest BCUT2D eigenvalue weighted by Gasteiger charge is 2.14. The van der Waals surface area contributed by atoms with Gasteiger partial charge in [0.2, 0.25) is 0 Å². The number of hydrogen-bond acceptors (Lipinski definition) is 2. The molecule has 2 heteroatoms. The van der Waals surface area contributed by atoms with Crippen LogP contribution < -0.4 is 0 Å². The Hall–Kier alpha value is -0.760. The van der Waals surface area contributed by atoms with E-state index >= 15 is 0 Å². The number of thioether (sulfide) groups is 1. The molecule has 0 aromatic heterocycles. The lowest BCUT2D eigenvalue weighted by atomic mass is 10.2. The molecule has 1 nitrogen and oxygen atoms in total. The Labute approximate surface area is 96.3 Å². The zero-order valence-electron chi connectivity index (χ0n) is 9.83. The first-order chi connectivity index (χ1) is 7.04. The van der Waals surface area contributed by atoms with Crippen LogP contribution >= 0.6 is 11.8 Å². The highest BCUT2D eigenvalue weighted by atomic mass is 32.2. The van der Waals surface area contributed by atoms with E-state index in [4.69, 9.17) is 0 Å². The summed E-state index contributed by atoms with van der Waals surface area (Å²) < 4.78 is 0. The molecule has 82 valence electrons. The molecule has 0 aliphatic heterocycles. The van der Waals surface area contributed by atoms with Crippen molar-refractivity contribution >= 4 is 17.5 Å². The maximum atomic E-state index is 11.4. The fourth-order valence-corrected chi connectivity index (χ4v) is 2.59. The predicted molar refractivity (Wildman–Crippen MR) is 66.5 cm³/mol. The predicted octanol–water partition coefficient (Wildman–Crippen LogP) is 3.76. The van der Waals surface area contributed by atoms with Crippen molar-refractivity contribution in [2.45, 2.75) is 44.3 Å². The first-order valence-corrected chi connectivity index (χ1v) is 6.17. The molecule has 0 aliphatic rings. The smallest absolute Gasteiger partial charge is 0.143 e. The van der Waals surface area contributed by atoms with Crippen LogP contribution in [0.25, 0.3) is 0 Å². The first-order valence-electron chi connectivity index (χ1n) is 5.29. The van der Waals surface area contributed by atoms with E-state index in [1.807, 2.05) is 0 Å². The van der Waals surface area contributed by atoms with Crippen LogP contribution in [0.3, 0.4) is 0 Å². The van der Waals surface area contributed by atoms with Crippen molar-refractivity contribution in [1.29, 1.82) is 0 Å². The normalized spacial score (nSPS) is 12.5. The van der Waals surface area contributed by atoms with Gasteiger partial charge in [0.05, 0.1) is 5.25 Å². The topological polar surface area (TPSA) is 17.1 Å². The van der Waals surface area contributed by atoms with E-state index in [0.29, 0.717) is 0 Å². The quantitative estimate of drug-likeness (QED) is 0.721. The maximum absolute atomic E-state index is 11.4. The van der Waals surface area contributed by atoms with Crippen molar-refractivity contribution in [2.75, 3.05) is 0 Å². The fraction of sp³-hybridized carbons (Fsp3) is 0.462. The number of benzene rings is 1. The van der Waals surface area contributed by atoms with Crippen LogP contribution in [0.5, 0.6) is 0 Å². The molecule has 0 amide bonds. The van der Waals surface area contributed by atoms with E-state index in [0.717, 1.165) is 6.42 Å². The lowest BCUT2D eigenvalue weighted by Crippen LogP contribution is -2.11. The van der Waals surface area contributed by atoms with Crippen molar-refractivity contribution in [2.24, 2.45) is 0 Å². The standard InChI is InChI=1S/C13H18OS/c1-5-12(11(4)14)15-13-8-9(2)6-7-10(13)3/h6-8,12H,5H2,1-4H3. The van der Waals surface area contributed by atoms with Gasteiger partial charge < -0.3 is 0 Å². The number of carbonyl (C=O) groups excluding carboxylic acids is 1. The molecule has 1 rings (SSSR count). The summed E-state index contributed by atoms with van der Waals surface area (Å²) in [4.78, 5) is 12.6. The third-order valence-electron chi connectivity index (χ3n) is 2.44. The van der Waals surface area contributed by atoms with E-state index in [1.165, 1.54) is 16.0 Å². The van der Waals surface area contributed by atoms with E-state index in [2.05, 4.69) is 39.0 Å². The Balaban J connectivity index is 2.87. The third kappa shape index (κ3) is 3.38. The van der Waals surface area contributed by atoms with Gasteiger partial charge in [0.15, 0.2) is 0 Å². The van der Waals surface area contributed by atoms with E-state index in [9.17, 15) is 4.79 Å². The van der Waals surface area contributed by atoms with Gasteiger partial charge in [-0.05, 0) is 38.8 Å². The van der Waals surface area contributed by atoms with E-state index in [-0.39, 0.29) is 11.0 Å². The summed E-state index contributed by atoms with van der Waals surface area (Å²) in [6.07, 6.45) is 0.896. The highest BCUT2D eigenvalue weighted by Crippen LogP contribution is 2.29. The molecule has 1 atom stereocenters. The molecule has 15 heavy (non-hydrogen) atoms. The van der Waals surface area contributed by atoms with Gasteiger partial charge in [0.1, 0.15) is 5.78 Å². The summed E-state index contributed by atoms with van der Waals surface area (Å²) in [5, 5.41) is 0.102. The third-order valence-corrected chi connectivity index (χ3v) is 4.08. The zero-order chi connectivity index (χ0) is 11.4. The van der Waals surface area contributed by atoms with Crippen LogP contribution in [0, 0.1) is 13.8 Å². The van der Waals surface area contributed by atoms with Gasteiger partial charge >= 0.3 is 0 Å². The van der Waals surface area contributed by atoms with Crippen molar-refractivity contribution in [3.8, 4) is 0 Å². The second-order valence-electron chi connectivity index (χ2n) is 3.89. The molecule has 0 spiro atoms. The number of carbonyl (C=O) groups is 1. The lowest BCUT2D eigenvalue weighted by Gasteiger charge is -2.13. The minimum atomic E-state index is 0.102. The SMILES string of the molecule is CCC(Sc1cc(C)ccc1C)C(C)=O. The van der Waals surface area contributed by atoms with Crippen LogP contribution in [-0.2, 0) is 4.79 Å². The highest BCUT2D eigenvalue weighted by molar-refractivity contribution is 8.00. The van der Waals surface area contributed by atoms with Crippen molar-refractivity contribution in [3.05, 3.63) is 29.3 Å². The number of aryl methyl sites for hydroxylation is 2. The minimum absolute atomic E-state index is 0.102. The monoisotopic (exact) mass is 222 g/mol. The van der Waals surface area contributed by atoms with Gasteiger partial charge in [-0.1, -0.05) is 24.6 Å². The van der Waals surface area contributed by atoms with Crippen LogP contribution in [0.2, 0.25) is 0 Å². The molecule has 0 radical (unpaired) electrons. The second-order valence-corrected chi connectivity index (χ2v) is 5.14. The molecule has 0 N–H and O–H groups in total. The number of hydrogen-bond donors (Lipinski definition) is 0. The zero-order valence-corrected chi connectivity index (χ0v) is 10.6. The van der Waals surface area contributed by atoms with E-state index < -0.39 is 0 Å². The summed E-state index contributed by atoms with van der Waals surface area (Å²) in [7, 11) is 0. The molecule has 1 aromatic rings. The molecule has 0 aliphatic carbocycles. The summed E-state index contributed by atoms with van der Waals surface area (Å²) >= 11 is 1.69. The molecular formula is C13H18OS. The lowest BCUT2D eigenvalue weighted by molar-refractivity contribution is -0.116. The maximum Gasteiger partial charge on any atom is 0.143 e. The Bertz CT molecular complexity index is 358. The van der Waals surface area contributed by atoms with Crippen molar-refractivity contribution in [3.63, 3.8) is 0 Å². The number of ketones is 1. The van der Waals surface area contributed by atoms with Gasteiger partial charge in [-0.3, -0.25) is 4.79 Å². The fourth-order valence-electron chi connectivity index (χ4n) is 1.44. The number of Topliss-reactive ketones (excluding diaryl/α,β-unsaturated/α-hetero) is 1. The number of rotatable bonds is 4. The van der Waals surface area contributed by atoms with Gasteiger partial charge in [0.25, 0.3) is 0 Å². The summed E-state index contributed by atoms with van der Waals surface area (Å²) in [6.45, 7) is 7.91. The van der Waals surface area contributed by atoms with Gasteiger partial charge in [-0.25, -0.2) is 0 Å². The summed E-state index contributed by atoms with van der Waals surface area (Å²) in [5.41, 5.74) is 2.51. The molecule has 1 unspecified atom stereocenters. The molecule has 0 saturated heterocycles. The van der Waals surface area contributed by atoms with Crippen molar-refractivity contribution < 1.29 is 4.79 Å².